The predicted octanol–water partition coefficient (Wildman–Crippen LogP) is 5.19. The molecule has 0 aromatic heterocycles. The van der Waals surface area contributed by atoms with E-state index in [1.807, 2.05) is 70.0 Å². The molecule has 8 atom stereocenters. The van der Waals surface area contributed by atoms with E-state index in [4.69, 9.17) is 14.2 Å². The monoisotopic (exact) mass is 630 g/mol. The van der Waals surface area contributed by atoms with Crippen LogP contribution in [0.2, 0.25) is 0 Å². The molecule has 9 nitrogen and oxygen atoms in total. The fourth-order valence-electron chi connectivity index (χ4n) is 6.68. The lowest BCUT2D eigenvalue weighted by Gasteiger charge is -2.40. The Kier molecular flexibility index (Phi) is 15.7. The molecular formula is C36H58N2O7. The third-order valence-electron chi connectivity index (χ3n) is 10.0. The van der Waals surface area contributed by atoms with E-state index in [1.54, 1.807) is 19.1 Å². The molecule has 1 aromatic rings. The number of benzene rings is 1. The minimum Gasteiger partial charge on any atom is -0.469 e. The Morgan fingerprint density at radius 3 is 2.11 bits per heavy atom. The van der Waals surface area contributed by atoms with Crippen molar-refractivity contribution in [3.8, 4) is 0 Å². The van der Waals surface area contributed by atoms with E-state index in [2.05, 4.69) is 13.8 Å². The van der Waals surface area contributed by atoms with Crippen LogP contribution in [0.15, 0.2) is 30.3 Å². The lowest BCUT2D eigenvalue weighted by molar-refractivity contribution is -0.149. The van der Waals surface area contributed by atoms with Gasteiger partial charge in [-0.2, -0.15) is 0 Å². The van der Waals surface area contributed by atoms with Gasteiger partial charge in [0.1, 0.15) is 5.78 Å². The number of ketones is 1. The molecule has 2 amide bonds. The van der Waals surface area contributed by atoms with Crippen molar-refractivity contribution in [2.75, 3.05) is 34.9 Å². The number of carbonyl (C=O) groups is 4. The second kappa shape index (κ2) is 18.4. The highest BCUT2D eigenvalue weighted by Gasteiger charge is 2.42. The lowest BCUT2D eigenvalue weighted by atomic mass is 9.85. The molecule has 0 N–H and O–H groups in total. The summed E-state index contributed by atoms with van der Waals surface area (Å²) in [6.45, 7) is 12.6. The van der Waals surface area contributed by atoms with Gasteiger partial charge in [0.15, 0.2) is 0 Å². The van der Waals surface area contributed by atoms with Gasteiger partial charge in [-0.1, -0.05) is 78.3 Å². The van der Waals surface area contributed by atoms with E-state index in [0.717, 1.165) is 18.4 Å². The van der Waals surface area contributed by atoms with Crippen LogP contribution in [-0.4, -0.2) is 92.6 Å². The lowest BCUT2D eigenvalue weighted by Crippen LogP contribution is -2.53. The van der Waals surface area contributed by atoms with Gasteiger partial charge < -0.3 is 24.0 Å². The molecule has 1 fully saturated rings. The zero-order chi connectivity index (χ0) is 33.8. The molecule has 0 aliphatic carbocycles. The van der Waals surface area contributed by atoms with Crippen LogP contribution in [-0.2, 0) is 39.8 Å². The number of ether oxygens (including phenoxy) is 3. The minimum absolute atomic E-state index is 0.0285. The molecule has 254 valence electrons. The first kappa shape index (κ1) is 38.4. The van der Waals surface area contributed by atoms with E-state index in [0.29, 0.717) is 19.4 Å². The number of Topliss-reactive ketones (excluding diaryl/α,β-unsaturated/α-hetero) is 1. The van der Waals surface area contributed by atoms with Crippen molar-refractivity contribution in [3.63, 3.8) is 0 Å². The Morgan fingerprint density at radius 1 is 0.933 bits per heavy atom. The molecule has 2 rings (SSSR count). The average molecular weight is 631 g/mol. The number of likely N-dealkylation sites (N-methyl/N-ethyl adjacent to an activating group) is 1. The third-order valence-corrected chi connectivity index (χ3v) is 10.0. The van der Waals surface area contributed by atoms with Crippen molar-refractivity contribution in [1.29, 1.82) is 0 Å². The molecule has 0 bridgehead atoms. The van der Waals surface area contributed by atoms with Crippen molar-refractivity contribution < 1.29 is 33.4 Å². The zero-order valence-electron chi connectivity index (χ0n) is 29.3. The molecule has 0 spiro atoms. The number of esters is 1. The van der Waals surface area contributed by atoms with Gasteiger partial charge in [-0.3, -0.25) is 19.2 Å². The van der Waals surface area contributed by atoms with E-state index < -0.39 is 30.0 Å². The van der Waals surface area contributed by atoms with Gasteiger partial charge in [0.2, 0.25) is 11.8 Å². The van der Waals surface area contributed by atoms with Crippen LogP contribution < -0.4 is 0 Å². The summed E-state index contributed by atoms with van der Waals surface area (Å²) in [6.07, 6.45) is 1.88. The molecule has 45 heavy (non-hydrogen) atoms. The SMILES string of the molecule is CC[C@H](C)[C@@H]([C@@H](CC(=O)N1CCC[C@H]1[C@H](OC)[C@@H](C)C(=O)C[C@@H](Cc1ccccc1)C(=O)OC)OC)N(C)C(=O)[C@@H](C)C(C)C. The molecule has 0 unspecified atom stereocenters. The standard InChI is InChI=1S/C36H58N2O7/c1-11-24(4)33(37(7)35(41)25(5)23(2)3)31(43-8)22-32(40)38-19-15-18-29(38)34(44-9)26(6)30(39)21-28(36(42)45-10)20-27-16-13-12-14-17-27/h12-14,16-17,23-26,28-29,31,33-34H,11,15,18-22H2,1-10H3/t24-,25-,26-,28+,29-,31+,33-,34+/m0/s1. The summed E-state index contributed by atoms with van der Waals surface area (Å²) >= 11 is 0. The highest BCUT2D eigenvalue weighted by Crippen LogP contribution is 2.31. The van der Waals surface area contributed by atoms with E-state index in [1.165, 1.54) is 7.11 Å². The first-order valence-corrected chi connectivity index (χ1v) is 16.6. The maximum Gasteiger partial charge on any atom is 0.309 e. The molecule has 0 radical (unpaired) electrons. The second-order valence-corrected chi connectivity index (χ2v) is 13.2. The average Bonchev–Trinajstić information content (AvgIpc) is 3.52. The highest BCUT2D eigenvalue weighted by atomic mass is 16.5. The van der Waals surface area contributed by atoms with Crippen LogP contribution in [0.5, 0.6) is 0 Å². The number of carbonyl (C=O) groups excluding carboxylic acids is 4. The van der Waals surface area contributed by atoms with Crippen LogP contribution in [0.3, 0.4) is 0 Å². The van der Waals surface area contributed by atoms with Crippen LogP contribution >= 0.6 is 0 Å². The van der Waals surface area contributed by atoms with Crippen molar-refractivity contribution in [2.24, 2.45) is 29.6 Å². The number of hydrogen-bond acceptors (Lipinski definition) is 7. The van der Waals surface area contributed by atoms with Gasteiger partial charge in [-0.05, 0) is 36.7 Å². The predicted molar refractivity (Wildman–Crippen MR) is 175 cm³/mol. The van der Waals surface area contributed by atoms with Crippen molar-refractivity contribution >= 4 is 23.6 Å². The van der Waals surface area contributed by atoms with Crippen LogP contribution in [0.4, 0.5) is 0 Å². The molecule has 1 heterocycles. The van der Waals surface area contributed by atoms with Gasteiger partial charge in [0, 0.05) is 46.1 Å². The zero-order valence-corrected chi connectivity index (χ0v) is 29.3. The van der Waals surface area contributed by atoms with Crippen LogP contribution in [0.1, 0.15) is 79.2 Å². The molecular weight excluding hydrogens is 572 g/mol. The quantitative estimate of drug-likeness (QED) is 0.206. The van der Waals surface area contributed by atoms with Gasteiger partial charge in [0.25, 0.3) is 0 Å². The Balaban J connectivity index is 2.22. The summed E-state index contributed by atoms with van der Waals surface area (Å²) in [4.78, 5) is 57.2. The number of methoxy groups -OCH3 is 3. The summed E-state index contributed by atoms with van der Waals surface area (Å²) in [5.74, 6) is -1.52. The van der Waals surface area contributed by atoms with Gasteiger partial charge in [0.05, 0.1) is 43.7 Å². The number of rotatable bonds is 18. The smallest absolute Gasteiger partial charge is 0.309 e. The molecule has 9 heteroatoms. The van der Waals surface area contributed by atoms with Crippen molar-refractivity contribution in [1.82, 2.24) is 9.80 Å². The van der Waals surface area contributed by atoms with E-state index in [9.17, 15) is 19.2 Å². The number of amides is 2. The van der Waals surface area contributed by atoms with Gasteiger partial charge in [-0.25, -0.2) is 0 Å². The Labute approximate surface area is 271 Å². The number of hydrogen-bond donors (Lipinski definition) is 0. The molecule has 1 aliphatic heterocycles. The third kappa shape index (κ3) is 10.1. The van der Waals surface area contributed by atoms with Crippen LogP contribution in [0.25, 0.3) is 0 Å². The minimum atomic E-state index is -0.607. The van der Waals surface area contributed by atoms with Gasteiger partial charge in [-0.15, -0.1) is 0 Å². The van der Waals surface area contributed by atoms with Crippen molar-refractivity contribution in [2.45, 2.75) is 104 Å². The fourth-order valence-corrected chi connectivity index (χ4v) is 6.68. The number of likely N-dealkylation sites (tertiary alicyclic amines) is 1. The number of nitrogens with zero attached hydrogens (tertiary/aromatic N) is 2. The van der Waals surface area contributed by atoms with Crippen molar-refractivity contribution in [3.05, 3.63) is 35.9 Å². The Morgan fingerprint density at radius 2 is 1.58 bits per heavy atom. The van der Waals surface area contributed by atoms with E-state index in [-0.39, 0.29) is 60.3 Å². The molecule has 0 saturated carbocycles. The largest absolute Gasteiger partial charge is 0.469 e. The summed E-state index contributed by atoms with van der Waals surface area (Å²) in [6, 6.07) is 9.03. The molecule has 1 aliphatic rings. The first-order valence-electron chi connectivity index (χ1n) is 16.6. The maximum atomic E-state index is 13.9. The normalized spacial score (nSPS) is 19.7. The Hall–Kier alpha value is -2.78. The molecule has 1 saturated heterocycles. The molecule has 1 aromatic carbocycles. The van der Waals surface area contributed by atoms with E-state index >= 15 is 0 Å². The second-order valence-electron chi connectivity index (χ2n) is 13.2. The fraction of sp³-hybridized carbons (Fsp3) is 0.722. The first-order chi connectivity index (χ1) is 21.3. The topological polar surface area (TPSA) is 102 Å². The Bertz CT molecular complexity index is 1090. The summed E-state index contributed by atoms with van der Waals surface area (Å²) in [5.41, 5.74) is 0.957. The highest BCUT2D eigenvalue weighted by molar-refractivity contribution is 5.86. The summed E-state index contributed by atoms with van der Waals surface area (Å²) in [7, 11) is 6.34. The maximum absolute atomic E-state index is 13.9. The summed E-state index contributed by atoms with van der Waals surface area (Å²) in [5, 5.41) is 0. The summed E-state index contributed by atoms with van der Waals surface area (Å²) < 4.78 is 16.9. The van der Waals surface area contributed by atoms with Gasteiger partial charge >= 0.3 is 5.97 Å². The van der Waals surface area contributed by atoms with Crippen LogP contribution in [0, 0.1) is 29.6 Å².